The maximum Gasteiger partial charge on any atom is 0.293 e. The quantitative estimate of drug-likeness (QED) is 0.786. The van der Waals surface area contributed by atoms with E-state index in [1.807, 2.05) is 6.07 Å². The molecule has 3 amide bonds. The highest BCUT2D eigenvalue weighted by Gasteiger charge is 2.34. The molecule has 0 aliphatic carbocycles. The lowest BCUT2D eigenvalue weighted by molar-refractivity contribution is -0.122. The third kappa shape index (κ3) is 4.45. The molecule has 0 bridgehead atoms. The number of rotatable bonds is 5. The maximum atomic E-state index is 13.0. The van der Waals surface area contributed by atoms with Gasteiger partial charge in [0.15, 0.2) is 0 Å². The molecule has 0 spiro atoms. The molecule has 1 fully saturated rings. The zero-order valence-electron chi connectivity index (χ0n) is 14.5. The van der Waals surface area contributed by atoms with E-state index in [1.54, 1.807) is 0 Å². The number of nitrogens with zero attached hydrogens (tertiary/aromatic N) is 2. The molecule has 1 saturated heterocycles. The summed E-state index contributed by atoms with van der Waals surface area (Å²) in [7, 11) is 0. The Morgan fingerprint density at radius 1 is 1.14 bits per heavy atom. The number of nitrogens with one attached hydrogen (secondary N) is 1. The van der Waals surface area contributed by atoms with Crippen LogP contribution in [0, 0.1) is 17.1 Å². The molecule has 1 aliphatic heterocycles. The van der Waals surface area contributed by atoms with Crippen molar-refractivity contribution in [1.29, 1.82) is 5.26 Å². The SMILES string of the molecule is N#Cc1ccc(C(=O)NCCN2C(=O)SC(=Cc3ccc(F)cc3)C2=O)cc1. The van der Waals surface area contributed by atoms with Crippen molar-refractivity contribution in [2.75, 3.05) is 13.1 Å². The summed E-state index contributed by atoms with van der Waals surface area (Å²) < 4.78 is 13.0. The van der Waals surface area contributed by atoms with Crippen molar-refractivity contribution in [2.45, 2.75) is 0 Å². The smallest absolute Gasteiger partial charge is 0.293 e. The molecule has 2 aromatic carbocycles. The Morgan fingerprint density at radius 3 is 2.46 bits per heavy atom. The lowest BCUT2D eigenvalue weighted by Crippen LogP contribution is -2.37. The lowest BCUT2D eigenvalue weighted by Gasteiger charge is -2.13. The number of thioether (sulfide) groups is 1. The molecule has 0 unspecified atom stereocenters. The van der Waals surface area contributed by atoms with Crippen molar-refractivity contribution in [1.82, 2.24) is 10.2 Å². The fourth-order valence-electron chi connectivity index (χ4n) is 2.48. The van der Waals surface area contributed by atoms with E-state index in [0.717, 1.165) is 16.7 Å². The van der Waals surface area contributed by atoms with E-state index in [-0.39, 0.29) is 29.7 Å². The molecule has 140 valence electrons. The number of halogens is 1. The average Bonchev–Trinajstić information content (AvgIpc) is 2.97. The van der Waals surface area contributed by atoms with Crippen molar-refractivity contribution in [3.05, 3.63) is 75.9 Å². The van der Waals surface area contributed by atoms with Crippen LogP contribution < -0.4 is 5.32 Å². The summed E-state index contributed by atoms with van der Waals surface area (Å²) in [6, 6.07) is 13.7. The van der Waals surface area contributed by atoms with E-state index in [4.69, 9.17) is 5.26 Å². The maximum absolute atomic E-state index is 13.0. The first-order valence-electron chi connectivity index (χ1n) is 8.27. The van der Waals surface area contributed by atoms with Crippen LogP contribution in [0.25, 0.3) is 6.08 Å². The van der Waals surface area contributed by atoms with Gasteiger partial charge in [0.05, 0.1) is 16.5 Å². The number of imide groups is 1. The monoisotopic (exact) mass is 395 g/mol. The molecule has 8 heteroatoms. The van der Waals surface area contributed by atoms with Crippen LogP contribution in [-0.2, 0) is 4.79 Å². The molecule has 0 atom stereocenters. The Hall–Kier alpha value is -3.44. The van der Waals surface area contributed by atoms with Gasteiger partial charge in [0, 0.05) is 18.7 Å². The van der Waals surface area contributed by atoms with Crippen LogP contribution in [0.15, 0.2) is 53.4 Å². The molecule has 3 rings (SSSR count). The second-order valence-corrected chi connectivity index (χ2v) is 6.82. The summed E-state index contributed by atoms with van der Waals surface area (Å²) in [4.78, 5) is 37.9. The number of amides is 3. The van der Waals surface area contributed by atoms with Gasteiger partial charge in [-0.15, -0.1) is 0 Å². The van der Waals surface area contributed by atoms with Crippen LogP contribution in [-0.4, -0.2) is 35.0 Å². The van der Waals surface area contributed by atoms with Crippen LogP contribution >= 0.6 is 11.8 Å². The Balaban J connectivity index is 1.57. The van der Waals surface area contributed by atoms with Gasteiger partial charge < -0.3 is 5.32 Å². The highest BCUT2D eigenvalue weighted by Crippen LogP contribution is 2.31. The molecule has 2 aromatic rings. The zero-order chi connectivity index (χ0) is 20.1. The molecule has 1 aliphatic rings. The average molecular weight is 395 g/mol. The Morgan fingerprint density at radius 2 is 1.82 bits per heavy atom. The van der Waals surface area contributed by atoms with Gasteiger partial charge >= 0.3 is 0 Å². The third-order valence-corrected chi connectivity index (χ3v) is 4.85. The molecule has 6 nitrogen and oxygen atoms in total. The van der Waals surface area contributed by atoms with E-state index in [0.29, 0.717) is 16.7 Å². The van der Waals surface area contributed by atoms with E-state index < -0.39 is 11.1 Å². The van der Waals surface area contributed by atoms with Crippen molar-refractivity contribution in [2.24, 2.45) is 0 Å². The lowest BCUT2D eigenvalue weighted by atomic mass is 10.1. The zero-order valence-corrected chi connectivity index (χ0v) is 15.3. The fourth-order valence-corrected chi connectivity index (χ4v) is 3.35. The molecule has 0 radical (unpaired) electrons. The van der Waals surface area contributed by atoms with Gasteiger partial charge in [-0.05, 0) is 59.8 Å². The molecular weight excluding hydrogens is 381 g/mol. The first-order chi connectivity index (χ1) is 13.5. The van der Waals surface area contributed by atoms with E-state index in [2.05, 4.69) is 5.32 Å². The Labute approximate surface area is 164 Å². The third-order valence-electron chi connectivity index (χ3n) is 3.94. The predicted octanol–water partition coefficient (Wildman–Crippen LogP) is 3.16. The van der Waals surface area contributed by atoms with Gasteiger partial charge in [-0.2, -0.15) is 5.26 Å². The number of carbonyl (C=O) groups excluding carboxylic acids is 3. The topological polar surface area (TPSA) is 90.3 Å². The van der Waals surface area contributed by atoms with Gasteiger partial charge in [-0.25, -0.2) is 4.39 Å². The summed E-state index contributed by atoms with van der Waals surface area (Å²) in [6.45, 7) is 0.133. The van der Waals surface area contributed by atoms with Crippen LogP contribution in [0.2, 0.25) is 0 Å². The number of carbonyl (C=O) groups is 3. The summed E-state index contributed by atoms with van der Waals surface area (Å²) >= 11 is 0.802. The molecule has 1 N–H and O–H groups in total. The first kappa shape index (κ1) is 19.3. The van der Waals surface area contributed by atoms with Gasteiger partial charge in [-0.3, -0.25) is 19.3 Å². The minimum absolute atomic E-state index is 0.0352. The molecule has 0 saturated carbocycles. The van der Waals surface area contributed by atoms with Gasteiger partial charge in [-0.1, -0.05) is 12.1 Å². The summed E-state index contributed by atoms with van der Waals surface area (Å²) in [5.41, 5.74) is 1.44. The van der Waals surface area contributed by atoms with Crippen LogP contribution in [0.1, 0.15) is 21.5 Å². The second-order valence-electron chi connectivity index (χ2n) is 5.83. The minimum atomic E-state index is -0.452. The molecular formula is C20H14FN3O3S. The molecule has 28 heavy (non-hydrogen) atoms. The van der Waals surface area contributed by atoms with Crippen molar-refractivity contribution in [3.8, 4) is 6.07 Å². The number of nitriles is 1. The predicted molar refractivity (Wildman–Crippen MR) is 103 cm³/mol. The van der Waals surface area contributed by atoms with Crippen LogP contribution in [0.4, 0.5) is 9.18 Å². The first-order valence-corrected chi connectivity index (χ1v) is 9.09. The highest BCUT2D eigenvalue weighted by atomic mass is 32.2. The highest BCUT2D eigenvalue weighted by molar-refractivity contribution is 8.18. The Bertz CT molecular complexity index is 995. The van der Waals surface area contributed by atoms with Crippen molar-refractivity contribution < 1.29 is 18.8 Å². The molecule has 1 heterocycles. The fraction of sp³-hybridized carbons (Fsp3) is 0.100. The van der Waals surface area contributed by atoms with Crippen LogP contribution in [0.3, 0.4) is 0 Å². The Kier molecular flexibility index (Phi) is 5.87. The van der Waals surface area contributed by atoms with E-state index in [1.165, 1.54) is 54.6 Å². The van der Waals surface area contributed by atoms with E-state index in [9.17, 15) is 18.8 Å². The normalized spacial score (nSPS) is 15.0. The van der Waals surface area contributed by atoms with Gasteiger partial charge in [0.2, 0.25) is 0 Å². The standard InChI is InChI=1S/C20H14FN3O3S/c21-16-7-3-13(4-8-16)11-17-19(26)24(20(27)28-17)10-9-23-18(25)15-5-1-14(12-22)2-6-15/h1-8,11H,9-10H2,(H,23,25). The van der Waals surface area contributed by atoms with Crippen molar-refractivity contribution >= 4 is 34.9 Å². The number of hydrogen-bond donors (Lipinski definition) is 1. The summed E-state index contributed by atoms with van der Waals surface area (Å²) in [6.07, 6.45) is 1.53. The van der Waals surface area contributed by atoms with Crippen molar-refractivity contribution in [3.63, 3.8) is 0 Å². The van der Waals surface area contributed by atoms with Gasteiger partial charge in [0.25, 0.3) is 17.1 Å². The summed E-state index contributed by atoms with van der Waals surface area (Å²) in [5.74, 6) is -1.20. The summed E-state index contributed by atoms with van der Waals surface area (Å²) in [5, 5.41) is 11.0. The minimum Gasteiger partial charge on any atom is -0.350 e. The molecule has 0 aromatic heterocycles. The number of hydrogen-bond acceptors (Lipinski definition) is 5. The largest absolute Gasteiger partial charge is 0.350 e. The van der Waals surface area contributed by atoms with Crippen LogP contribution in [0.5, 0.6) is 0 Å². The van der Waals surface area contributed by atoms with Gasteiger partial charge in [0.1, 0.15) is 5.82 Å². The second kappa shape index (κ2) is 8.50. The number of benzene rings is 2. The van der Waals surface area contributed by atoms with E-state index >= 15 is 0 Å².